The molecular weight excluding hydrogens is 453 g/mol. The first-order valence-corrected chi connectivity index (χ1v) is 10.6. The van der Waals surface area contributed by atoms with Gasteiger partial charge in [0, 0.05) is 25.9 Å². The van der Waals surface area contributed by atoms with Crippen molar-refractivity contribution < 1.29 is 31.8 Å². The quantitative estimate of drug-likeness (QED) is 0.395. The number of halogens is 5. The number of ether oxygens (including phenoxy) is 1. The fraction of sp³-hybridized carbons (Fsp3) is 0.385. The maximum Gasteiger partial charge on any atom is 0.416 e. The van der Waals surface area contributed by atoms with E-state index in [1.807, 2.05) is 6.92 Å². The summed E-state index contributed by atoms with van der Waals surface area (Å²) < 4.78 is 68.5. The molecule has 0 amide bonds. The van der Waals surface area contributed by atoms with Crippen LogP contribution in [0.1, 0.15) is 36.5 Å². The molecule has 1 unspecified atom stereocenters. The van der Waals surface area contributed by atoms with Crippen molar-refractivity contribution in [1.82, 2.24) is 4.90 Å². The van der Waals surface area contributed by atoms with Crippen LogP contribution in [0.4, 0.5) is 22.0 Å². The Labute approximate surface area is 196 Å². The Morgan fingerprint density at radius 1 is 1.09 bits per heavy atom. The van der Waals surface area contributed by atoms with Crippen LogP contribution in [0.15, 0.2) is 55.1 Å². The van der Waals surface area contributed by atoms with Crippen molar-refractivity contribution >= 4 is 5.70 Å². The van der Waals surface area contributed by atoms with Crippen LogP contribution >= 0.6 is 0 Å². The minimum atomic E-state index is -4.43. The molecule has 0 radical (unpaired) electrons. The van der Waals surface area contributed by atoms with E-state index in [4.69, 9.17) is 11.5 Å². The van der Waals surface area contributed by atoms with E-state index in [-0.39, 0.29) is 11.7 Å². The van der Waals surface area contributed by atoms with E-state index in [9.17, 15) is 22.0 Å². The number of likely N-dealkylation sites (tertiary alicyclic amines) is 1. The van der Waals surface area contributed by atoms with Gasteiger partial charge in [-0.2, -0.15) is 22.0 Å². The first kappa shape index (κ1) is 27.2. The van der Waals surface area contributed by atoms with Crippen molar-refractivity contribution in [3.63, 3.8) is 0 Å². The molecule has 2 aromatic carbocycles. The van der Waals surface area contributed by atoms with Crippen LogP contribution in [0.2, 0.25) is 0 Å². The summed E-state index contributed by atoms with van der Waals surface area (Å²) in [4.78, 5) is 2.07. The van der Waals surface area contributed by atoms with Gasteiger partial charge in [0.15, 0.2) is 0 Å². The molecule has 1 saturated heterocycles. The van der Waals surface area contributed by atoms with Gasteiger partial charge < -0.3 is 14.7 Å². The number of rotatable bonds is 6. The molecule has 1 heterocycles. The van der Waals surface area contributed by atoms with Crippen LogP contribution in [0.3, 0.4) is 0 Å². The van der Waals surface area contributed by atoms with Gasteiger partial charge in [0.25, 0.3) is 0 Å². The summed E-state index contributed by atoms with van der Waals surface area (Å²) in [6.45, 7) is 4.32. The number of piperidine rings is 1. The lowest BCUT2D eigenvalue weighted by molar-refractivity contribution is -0.137. The topological polar surface area (TPSA) is 32.7 Å². The molecule has 0 saturated carbocycles. The van der Waals surface area contributed by atoms with Crippen LogP contribution in [-0.4, -0.2) is 36.8 Å². The van der Waals surface area contributed by atoms with Crippen molar-refractivity contribution in [2.45, 2.75) is 38.0 Å². The second-order valence-corrected chi connectivity index (χ2v) is 8.04. The Morgan fingerprint density at radius 2 is 1.65 bits per heavy atom. The van der Waals surface area contributed by atoms with Gasteiger partial charge in [-0.3, -0.25) is 0 Å². The highest BCUT2D eigenvalue weighted by atomic mass is 19.4. The smallest absolute Gasteiger partial charge is 0.416 e. The normalized spacial score (nSPS) is 16.2. The van der Waals surface area contributed by atoms with Gasteiger partial charge >= 0.3 is 12.8 Å². The van der Waals surface area contributed by atoms with E-state index >= 15 is 0 Å². The second-order valence-electron chi connectivity index (χ2n) is 8.04. The van der Waals surface area contributed by atoms with Gasteiger partial charge in [0.1, 0.15) is 5.75 Å². The Kier molecular flexibility index (Phi) is 9.11. The SMILES string of the molecule is C#CC(C)(c1cccc(C(F)(F)F)c1)C1CCN(C(=C)c2ccc(OC(F)F)cc2)CC1.CO. The van der Waals surface area contributed by atoms with Crippen molar-refractivity contribution in [3.8, 4) is 18.1 Å². The van der Waals surface area contributed by atoms with E-state index in [1.54, 1.807) is 18.2 Å². The molecule has 1 atom stereocenters. The van der Waals surface area contributed by atoms with Gasteiger partial charge in [-0.05, 0) is 67.1 Å². The summed E-state index contributed by atoms with van der Waals surface area (Å²) in [7, 11) is 1.00. The van der Waals surface area contributed by atoms with Crippen molar-refractivity contribution in [2.24, 2.45) is 5.92 Å². The molecule has 1 aliphatic rings. The third-order valence-corrected chi connectivity index (χ3v) is 6.20. The van der Waals surface area contributed by atoms with E-state index < -0.39 is 23.8 Å². The average molecular weight is 482 g/mol. The summed E-state index contributed by atoms with van der Waals surface area (Å²) in [5, 5.41) is 7.00. The standard InChI is InChI=1S/C25H24F5NO.CH4O/c1-4-24(3,20-6-5-7-21(16-20)25(28,29)30)19-12-14-31(15-13-19)17(2)18-8-10-22(11-9-18)32-23(26)27;1-2/h1,5-11,16,19,23H,2,12-15H2,3H3;2H,1H3. The number of aliphatic hydroxyl groups excluding tert-OH is 1. The molecule has 184 valence electrons. The van der Waals surface area contributed by atoms with Gasteiger partial charge in [-0.15, -0.1) is 6.42 Å². The van der Waals surface area contributed by atoms with Gasteiger partial charge in [0.2, 0.25) is 0 Å². The van der Waals surface area contributed by atoms with Crippen LogP contribution in [0.5, 0.6) is 5.75 Å². The molecule has 34 heavy (non-hydrogen) atoms. The number of benzene rings is 2. The number of nitrogens with zero attached hydrogens (tertiary/aromatic N) is 1. The monoisotopic (exact) mass is 481 g/mol. The Bertz CT molecular complexity index is 989. The molecule has 0 bridgehead atoms. The van der Waals surface area contributed by atoms with E-state index in [1.165, 1.54) is 18.2 Å². The second kappa shape index (κ2) is 11.4. The fourth-order valence-electron chi connectivity index (χ4n) is 4.19. The van der Waals surface area contributed by atoms with E-state index in [0.29, 0.717) is 31.5 Å². The predicted molar refractivity (Wildman–Crippen MR) is 122 cm³/mol. The zero-order chi connectivity index (χ0) is 25.5. The minimum Gasteiger partial charge on any atom is -0.435 e. The molecule has 2 aromatic rings. The molecular formula is C26H28F5NO2. The average Bonchev–Trinajstić information content (AvgIpc) is 2.84. The number of alkyl halides is 5. The fourth-order valence-corrected chi connectivity index (χ4v) is 4.19. The molecule has 8 heteroatoms. The maximum absolute atomic E-state index is 13.2. The summed E-state index contributed by atoms with van der Waals surface area (Å²) in [6, 6.07) is 11.5. The third kappa shape index (κ3) is 6.29. The largest absolute Gasteiger partial charge is 0.435 e. The van der Waals surface area contributed by atoms with Crippen molar-refractivity contribution in [1.29, 1.82) is 0 Å². The van der Waals surface area contributed by atoms with Gasteiger partial charge in [-0.1, -0.05) is 30.7 Å². The number of aliphatic hydroxyl groups is 1. The lowest BCUT2D eigenvalue weighted by Gasteiger charge is -2.41. The van der Waals surface area contributed by atoms with Crippen LogP contribution in [0, 0.1) is 18.3 Å². The van der Waals surface area contributed by atoms with Crippen LogP contribution < -0.4 is 4.74 Å². The first-order valence-electron chi connectivity index (χ1n) is 10.6. The molecule has 1 aliphatic heterocycles. The molecule has 1 fully saturated rings. The van der Waals surface area contributed by atoms with Gasteiger partial charge in [-0.25, -0.2) is 0 Å². The highest BCUT2D eigenvalue weighted by Crippen LogP contribution is 2.41. The lowest BCUT2D eigenvalue weighted by Crippen LogP contribution is -2.40. The molecule has 1 N–H and O–H groups in total. The highest BCUT2D eigenvalue weighted by molar-refractivity contribution is 5.62. The number of hydrogen-bond donors (Lipinski definition) is 1. The number of hydrogen-bond acceptors (Lipinski definition) is 3. The van der Waals surface area contributed by atoms with Crippen molar-refractivity contribution in [2.75, 3.05) is 20.2 Å². The molecule has 0 aliphatic carbocycles. The highest BCUT2D eigenvalue weighted by Gasteiger charge is 2.38. The zero-order valence-corrected chi connectivity index (χ0v) is 19.1. The molecule has 3 nitrogen and oxygen atoms in total. The molecule has 0 spiro atoms. The lowest BCUT2D eigenvalue weighted by atomic mass is 9.68. The van der Waals surface area contributed by atoms with E-state index in [0.717, 1.165) is 30.5 Å². The predicted octanol–water partition coefficient (Wildman–Crippen LogP) is 6.19. The summed E-state index contributed by atoms with van der Waals surface area (Å²) in [5.74, 6) is 2.83. The Hall–Kier alpha value is -3.05. The number of terminal acetylenes is 1. The van der Waals surface area contributed by atoms with Crippen LogP contribution in [-0.2, 0) is 11.6 Å². The van der Waals surface area contributed by atoms with Gasteiger partial charge in [0.05, 0.1) is 11.0 Å². The Morgan fingerprint density at radius 3 is 2.15 bits per heavy atom. The molecule has 0 aromatic heterocycles. The maximum atomic E-state index is 13.2. The summed E-state index contributed by atoms with van der Waals surface area (Å²) >= 11 is 0. The van der Waals surface area contributed by atoms with Crippen LogP contribution in [0.25, 0.3) is 5.70 Å². The summed E-state index contributed by atoms with van der Waals surface area (Å²) in [5.41, 5.74) is 0.475. The zero-order valence-electron chi connectivity index (χ0n) is 19.1. The van der Waals surface area contributed by atoms with Crippen molar-refractivity contribution in [3.05, 3.63) is 71.8 Å². The Balaban J connectivity index is 0.00000199. The molecule has 3 rings (SSSR count). The summed E-state index contributed by atoms with van der Waals surface area (Å²) in [6.07, 6.45) is 2.77. The third-order valence-electron chi connectivity index (χ3n) is 6.20. The minimum absolute atomic E-state index is 0.00171. The first-order chi connectivity index (χ1) is 16.0. The van der Waals surface area contributed by atoms with E-state index in [2.05, 4.69) is 22.1 Å².